The Morgan fingerprint density at radius 3 is 2.17 bits per heavy atom. The zero-order chi connectivity index (χ0) is 33.8. The topological polar surface area (TPSA) is 253 Å². The summed E-state index contributed by atoms with van der Waals surface area (Å²) >= 11 is 0. The van der Waals surface area contributed by atoms with Crippen molar-refractivity contribution in [3.63, 3.8) is 0 Å². The standard InChI is InChI=1S/C30H38O17/c1-11-18(33)20(35)22(37)28(43-11)45-24-15-7-8-40-27(46-29-23(38)21(36)19(34)16(44-29)9-41-12(2)31)17(15)30(25(24)47-30)10-42-26(39)13-3-5-14(32)6-4-13/h3-8,11,15-25,27-29,32-38H,9-10H2,1-2H3/t11-,15+,16+,17+,18-,19+,20+,21-,22+,23+,24-,25-,27-,28-,29-,30+/m0/s1. The van der Waals surface area contributed by atoms with E-state index in [0.29, 0.717) is 0 Å². The average molecular weight is 671 g/mol. The van der Waals surface area contributed by atoms with Crippen LogP contribution in [-0.2, 0) is 42.7 Å². The Morgan fingerprint density at radius 2 is 1.49 bits per heavy atom. The van der Waals surface area contributed by atoms with Gasteiger partial charge >= 0.3 is 11.9 Å². The molecule has 1 aliphatic carbocycles. The molecule has 0 unspecified atom stereocenters. The van der Waals surface area contributed by atoms with Gasteiger partial charge in [-0.3, -0.25) is 4.79 Å². The van der Waals surface area contributed by atoms with Gasteiger partial charge in [0, 0.05) is 12.8 Å². The van der Waals surface area contributed by atoms with E-state index in [1.165, 1.54) is 37.5 Å². The van der Waals surface area contributed by atoms with Gasteiger partial charge in [-0.05, 0) is 37.3 Å². The summed E-state index contributed by atoms with van der Waals surface area (Å²) in [6, 6.07) is 5.39. The van der Waals surface area contributed by atoms with Crippen molar-refractivity contribution in [2.45, 2.75) is 99.4 Å². The summed E-state index contributed by atoms with van der Waals surface area (Å²) in [6.45, 7) is 1.86. The van der Waals surface area contributed by atoms with E-state index >= 15 is 0 Å². The maximum atomic E-state index is 12.9. The number of phenolic OH excluding ortho intramolecular Hbond substituents is 1. The van der Waals surface area contributed by atoms with Crippen molar-refractivity contribution in [3.05, 3.63) is 42.2 Å². The molecule has 7 N–H and O–H groups in total. The van der Waals surface area contributed by atoms with Gasteiger partial charge in [0.1, 0.15) is 73.4 Å². The van der Waals surface area contributed by atoms with Gasteiger partial charge in [-0.25, -0.2) is 4.79 Å². The first-order chi connectivity index (χ1) is 22.3. The maximum Gasteiger partial charge on any atom is 0.338 e. The number of epoxide rings is 1. The number of phenols is 1. The fourth-order valence-electron chi connectivity index (χ4n) is 6.62. The molecule has 16 atom stereocenters. The highest BCUT2D eigenvalue weighted by atomic mass is 16.8. The molecule has 17 heteroatoms. The summed E-state index contributed by atoms with van der Waals surface area (Å²) in [5, 5.41) is 72.3. The van der Waals surface area contributed by atoms with Crippen molar-refractivity contribution < 1.29 is 83.2 Å². The summed E-state index contributed by atoms with van der Waals surface area (Å²) in [4.78, 5) is 24.3. The number of esters is 2. The monoisotopic (exact) mass is 670 g/mol. The normalized spacial score (nSPS) is 45.3. The second-order valence-corrected chi connectivity index (χ2v) is 12.3. The van der Waals surface area contributed by atoms with E-state index < -0.39 is 116 Å². The first kappa shape index (κ1) is 33.9. The Hall–Kier alpha value is -2.94. The Morgan fingerprint density at radius 1 is 0.830 bits per heavy atom. The molecule has 0 radical (unpaired) electrons. The lowest BCUT2D eigenvalue weighted by Crippen LogP contribution is -2.61. The van der Waals surface area contributed by atoms with E-state index in [-0.39, 0.29) is 17.9 Å². The highest BCUT2D eigenvalue weighted by Gasteiger charge is 2.77. The molecule has 0 aromatic heterocycles. The van der Waals surface area contributed by atoms with E-state index in [9.17, 15) is 45.3 Å². The number of ether oxygens (including phenoxy) is 8. The molecule has 0 bridgehead atoms. The second kappa shape index (κ2) is 13.2. The number of aliphatic hydroxyl groups excluding tert-OH is 6. The zero-order valence-corrected chi connectivity index (χ0v) is 25.3. The Bertz CT molecular complexity index is 1320. The summed E-state index contributed by atoms with van der Waals surface area (Å²) < 4.78 is 46.0. The van der Waals surface area contributed by atoms with Gasteiger partial charge in [-0.2, -0.15) is 0 Å². The maximum absolute atomic E-state index is 12.9. The van der Waals surface area contributed by atoms with Crippen molar-refractivity contribution in [2.24, 2.45) is 11.8 Å². The number of aliphatic hydroxyl groups is 6. The molecule has 0 spiro atoms. The molecule has 5 aliphatic rings. The van der Waals surface area contributed by atoms with Gasteiger partial charge in [-0.15, -0.1) is 0 Å². The smallest absolute Gasteiger partial charge is 0.338 e. The zero-order valence-electron chi connectivity index (χ0n) is 25.3. The second-order valence-electron chi connectivity index (χ2n) is 12.3. The third-order valence-electron chi connectivity index (χ3n) is 9.25. The molecule has 1 aromatic carbocycles. The van der Waals surface area contributed by atoms with Gasteiger partial charge in [0.25, 0.3) is 0 Å². The number of fused-ring (bicyclic) bond motifs is 3. The summed E-state index contributed by atoms with van der Waals surface area (Å²) in [5.41, 5.74) is -1.16. The molecule has 0 amide bonds. The minimum absolute atomic E-state index is 0.0468. The largest absolute Gasteiger partial charge is 0.508 e. The molecule has 6 rings (SSSR count). The van der Waals surface area contributed by atoms with Crippen LogP contribution in [-0.4, -0.2) is 146 Å². The van der Waals surface area contributed by atoms with Crippen LogP contribution >= 0.6 is 0 Å². The van der Waals surface area contributed by atoms with E-state index in [1.807, 2.05) is 0 Å². The third-order valence-corrected chi connectivity index (χ3v) is 9.25. The molecule has 1 aromatic rings. The number of hydrogen-bond donors (Lipinski definition) is 7. The predicted octanol–water partition coefficient (Wildman–Crippen LogP) is -2.60. The lowest BCUT2D eigenvalue weighted by Gasteiger charge is -2.44. The Labute approximate surface area is 267 Å². The van der Waals surface area contributed by atoms with Crippen LogP contribution < -0.4 is 0 Å². The van der Waals surface area contributed by atoms with Gasteiger partial charge in [0.2, 0.25) is 6.29 Å². The third kappa shape index (κ3) is 6.33. The van der Waals surface area contributed by atoms with Gasteiger partial charge in [-0.1, -0.05) is 0 Å². The Kier molecular flexibility index (Phi) is 9.51. The quantitative estimate of drug-likeness (QED) is 0.105. The van der Waals surface area contributed by atoms with Crippen molar-refractivity contribution >= 4 is 11.9 Å². The minimum Gasteiger partial charge on any atom is -0.508 e. The van der Waals surface area contributed by atoms with Gasteiger partial charge < -0.3 is 73.6 Å². The number of carbonyl (C=O) groups excluding carboxylic acids is 2. The highest BCUT2D eigenvalue weighted by Crippen LogP contribution is 2.61. The average Bonchev–Trinajstić information content (AvgIpc) is 3.71. The van der Waals surface area contributed by atoms with Crippen molar-refractivity contribution in [1.82, 2.24) is 0 Å². The van der Waals surface area contributed by atoms with Crippen LogP contribution in [0, 0.1) is 11.8 Å². The highest BCUT2D eigenvalue weighted by molar-refractivity contribution is 5.89. The van der Waals surface area contributed by atoms with E-state index in [1.54, 1.807) is 6.08 Å². The minimum atomic E-state index is -1.76. The van der Waals surface area contributed by atoms with Crippen LogP contribution in [0.1, 0.15) is 24.2 Å². The molecule has 260 valence electrons. The van der Waals surface area contributed by atoms with Crippen LogP contribution in [0.2, 0.25) is 0 Å². The molecule has 3 saturated heterocycles. The summed E-state index contributed by atoms with van der Waals surface area (Å²) in [5.74, 6) is -2.90. The number of aromatic hydroxyl groups is 1. The first-order valence-corrected chi connectivity index (χ1v) is 15.1. The predicted molar refractivity (Wildman–Crippen MR) is 149 cm³/mol. The van der Waals surface area contributed by atoms with Crippen LogP contribution in [0.25, 0.3) is 0 Å². The van der Waals surface area contributed by atoms with Crippen molar-refractivity contribution in [2.75, 3.05) is 13.2 Å². The molecule has 17 nitrogen and oxygen atoms in total. The first-order valence-electron chi connectivity index (χ1n) is 15.1. The lowest BCUT2D eigenvalue weighted by molar-refractivity contribution is -0.347. The fraction of sp³-hybridized carbons (Fsp3) is 0.667. The van der Waals surface area contributed by atoms with E-state index in [4.69, 9.17) is 37.9 Å². The fourth-order valence-corrected chi connectivity index (χ4v) is 6.62. The van der Waals surface area contributed by atoms with Crippen molar-refractivity contribution in [1.29, 1.82) is 0 Å². The Balaban J connectivity index is 1.24. The van der Waals surface area contributed by atoms with E-state index in [2.05, 4.69) is 0 Å². The molecule has 4 fully saturated rings. The van der Waals surface area contributed by atoms with Crippen molar-refractivity contribution in [3.8, 4) is 5.75 Å². The molecule has 4 aliphatic heterocycles. The SMILES string of the molecule is CC(=O)OC[C@H]1O[C@@H](O[C@@H]2OC=C[C@H]3[C@H](O[C@@H]4O[C@@H](C)[C@H](O)[C@@H](O)[C@H]4O)[C@@H]4O[C@]4(COC(=O)c4ccc(O)cc4)[C@@H]23)[C@H](O)[C@@H](O)[C@@H]1O. The molecule has 47 heavy (non-hydrogen) atoms. The van der Waals surface area contributed by atoms with Crippen LogP contribution in [0.15, 0.2) is 36.6 Å². The summed E-state index contributed by atoms with van der Waals surface area (Å²) in [6.07, 6.45) is -14.9. The number of carbonyl (C=O) groups is 2. The lowest BCUT2D eigenvalue weighted by atomic mass is 9.85. The molecular formula is C30H38O17. The van der Waals surface area contributed by atoms with E-state index in [0.717, 1.165) is 6.92 Å². The van der Waals surface area contributed by atoms with Crippen LogP contribution in [0.5, 0.6) is 5.75 Å². The van der Waals surface area contributed by atoms with Crippen LogP contribution in [0.3, 0.4) is 0 Å². The molecular weight excluding hydrogens is 632 g/mol. The molecule has 1 saturated carbocycles. The number of benzene rings is 1. The molecule has 4 heterocycles. The summed E-state index contributed by atoms with van der Waals surface area (Å²) in [7, 11) is 0. The van der Waals surface area contributed by atoms with Crippen LogP contribution in [0.4, 0.5) is 0 Å². The number of hydrogen-bond acceptors (Lipinski definition) is 17. The number of rotatable bonds is 9. The van der Waals surface area contributed by atoms with Gasteiger partial charge in [0.15, 0.2) is 12.6 Å². The van der Waals surface area contributed by atoms with Gasteiger partial charge in [0.05, 0.1) is 30.0 Å².